The first-order chi connectivity index (χ1) is 11.5. The highest BCUT2D eigenvalue weighted by Gasteiger charge is 2.35. The van der Waals surface area contributed by atoms with Gasteiger partial charge >= 0.3 is 0 Å². The Morgan fingerprint density at radius 1 is 1.21 bits per heavy atom. The summed E-state index contributed by atoms with van der Waals surface area (Å²) in [7, 11) is -3.37. The van der Waals surface area contributed by atoms with Crippen LogP contribution >= 0.6 is 0 Å². The maximum absolute atomic E-state index is 12.6. The maximum Gasteiger partial charge on any atom is 0.255 e. The summed E-state index contributed by atoms with van der Waals surface area (Å²) < 4.78 is 29.9. The van der Waals surface area contributed by atoms with Crippen LogP contribution in [0.5, 0.6) is 5.75 Å². The highest BCUT2D eigenvalue weighted by Crippen LogP contribution is 2.33. The fraction of sp³-hybridized carbons (Fsp3) is 0.167. The topological polar surface area (TPSA) is 72.5 Å². The van der Waals surface area contributed by atoms with Crippen LogP contribution in [0.4, 0.5) is 0 Å². The van der Waals surface area contributed by atoms with Gasteiger partial charge in [0.1, 0.15) is 12.4 Å². The van der Waals surface area contributed by atoms with Crippen LogP contribution in [0.1, 0.15) is 22.0 Å². The molecule has 0 aliphatic carbocycles. The van der Waals surface area contributed by atoms with Crippen LogP contribution in [-0.2, 0) is 9.84 Å². The van der Waals surface area contributed by atoms with Crippen molar-refractivity contribution in [2.45, 2.75) is 10.9 Å². The molecule has 5 nitrogen and oxygen atoms in total. The molecule has 2 aromatic carbocycles. The molecule has 124 valence electrons. The molecule has 1 amide bonds. The maximum atomic E-state index is 12.6. The first-order valence-corrected chi connectivity index (χ1v) is 9.13. The molecule has 1 aliphatic heterocycles. The molecule has 0 spiro atoms. The average molecular weight is 343 g/mol. The van der Waals surface area contributed by atoms with Gasteiger partial charge in [0, 0.05) is 0 Å². The minimum absolute atomic E-state index is 0.131. The number of benzene rings is 2. The van der Waals surface area contributed by atoms with Crippen LogP contribution in [0, 0.1) is 0 Å². The molecule has 0 bridgehead atoms. The zero-order valence-corrected chi connectivity index (χ0v) is 13.8. The third-order valence-electron chi connectivity index (χ3n) is 3.81. The van der Waals surface area contributed by atoms with E-state index < -0.39 is 15.9 Å². The van der Waals surface area contributed by atoms with E-state index >= 15 is 0 Å². The fourth-order valence-electron chi connectivity index (χ4n) is 2.73. The summed E-state index contributed by atoms with van der Waals surface area (Å²) in [5, 5.41) is 2.80. The van der Waals surface area contributed by atoms with Gasteiger partial charge < -0.3 is 10.1 Å². The van der Waals surface area contributed by atoms with Gasteiger partial charge in [-0.2, -0.15) is 0 Å². The fourth-order valence-corrected chi connectivity index (χ4v) is 4.47. The number of amides is 1. The van der Waals surface area contributed by atoms with Crippen LogP contribution < -0.4 is 10.1 Å². The van der Waals surface area contributed by atoms with E-state index in [0.29, 0.717) is 16.9 Å². The largest absolute Gasteiger partial charge is 0.489 e. The van der Waals surface area contributed by atoms with Gasteiger partial charge in [0.15, 0.2) is 9.84 Å². The first kappa shape index (κ1) is 16.3. The Hall–Kier alpha value is -2.60. The average Bonchev–Trinajstić information content (AvgIpc) is 2.84. The molecule has 1 unspecified atom stereocenters. The van der Waals surface area contributed by atoms with Crippen LogP contribution in [0.3, 0.4) is 0 Å². The molecule has 0 saturated carbocycles. The smallest absolute Gasteiger partial charge is 0.255 e. The number of hydrogen-bond acceptors (Lipinski definition) is 4. The summed E-state index contributed by atoms with van der Waals surface area (Å²) in [5.41, 5.74) is 0.983. The lowest BCUT2D eigenvalue weighted by Crippen LogP contribution is -2.30. The van der Waals surface area contributed by atoms with Crippen molar-refractivity contribution in [2.24, 2.45) is 0 Å². The summed E-state index contributed by atoms with van der Waals surface area (Å²) in [6.45, 7) is 3.86. The Kier molecular flexibility index (Phi) is 4.40. The summed E-state index contributed by atoms with van der Waals surface area (Å²) in [5.74, 6) is -0.0658. The minimum Gasteiger partial charge on any atom is -0.489 e. The highest BCUT2D eigenvalue weighted by atomic mass is 32.2. The third kappa shape index (κ3) is 3.05. The van der Waals surface area contributed by atoms with E-state index in [1.54, 1.807) is 54.6 Å². The summed E-state index contributed by atoms with van der Waals surface area (Å²) >= 11 is 0. The molecule has 6 heteroatoms. The van der Waals surface area contributed by atoms with Gasteiger partial charge in [-0.05, 0) is 23.8 Å². The second kappa shape index (κ2) is 6.49. The predicted octanol–water partition coefficient (Wildman–Crippen LogP) is 2.51. The molecule has 0 aromatic heterocycles. The van der Waals surface area contributed by atoms with Crippen molar-refractivity contribution < 1.29 is 17.9 Å². The van der Waals surface area contributed by atoms with Crippen molar-refractivity contribution in [3.63, 3.8) is 0 Å². The zero-order valence-electron chi connectivity index (χ0n) is 12.9. The van der Waals surface area contributed by atoms with E-state index in [1.807, 2.05) is 0 Å². The second-order valence-corrected chi connectivity index (χ2v) is 7.44. The van der Waals surface area contributed by atoms with Gasteiger partial charge in [-0.1, -0.05) is 43.0 Å². The van der Waals surface area contributed by atoms with Gasteiger partial charge in [0.2, 0.25) is 0 Å². The highest BCUT2D eigenvalue weighted by molar-refractivity contribution is 7.91. The molecule has 0 radical (unpaired) electrons. The van der Waals surface area contributed by atoms with Gasteiger partial charge in [0.25, 0.3) is 5.91 Å². The minimum atomic E-state index is -3.37. The van der Waals surface area contributed by atoms with Gasteiger partial charge in [0.05, 0.1) is 22.3 Å². The van der Waals surface area contributed by atoms with Crippen molar-refractivity contribution in [1.29, 1.82) is 0 Å². The van der Waals surface area contributed by atoms with Crippen molar-refractivity contribution in [2.75, 3.05) is 12.4 Å². The summed E-state index contributed by atoms with van der Waals surface area (Å²) in [4.78, 5) is 12.9. The third-order valence-corrected chi connectivity index (χ3v) is 5.62. The molecule has 1 atom stereocenters. The van der Waals surface area contributed by atoms with Gasteiger partial charge in [-0.15, -0.1) is 0 Å². The molecule has 1 heterocycles. The van der Waals surface area contributed by atoms with Crippen molar-refractivity contribution in [3.8, 4) is 5.75 Å². The van der Waals surface area contributed by atoms with Crippen molar-refractivity contribution in [3.05, 3.63) is 72.3 Å². The molecule has 1 N–H and O–H groups in total. The molecular formula is C18H17NO4S. The number of fused-ring (bicyclic) bond motifs is 1. The van der Waals surface area contributed by atoms with Gasteiger partial charge in [-0.25, -0.2) is 8.42 Å². The second-order valence-electron chi connectivity index (χ2n) is 5.44. The SMILES string of the molecule is C=CCOc1ccccc1C(=O)NC1CS(=O)(=O)c2ccccc21. The molecule has 3 rings (SSSR count). The lowest BCUT2D eigenvalue weighted by atomic mass is 10.1. The molecular weight excluding hydrogens is 326 g/mol. The number of sulfone groups is 1. The molecule has 2 aromatic rings. The van der Waals surface area contributed by atoms with Crippen molar-refractivity contribution in [1.82, 2.24) is 5.32 Å². The Labute approximate surface area is 140 Å². The first-order valence-electron chi connectivity index (χ1n) is 7.48. The van der Waals surface area contributed by atoms with Crippen molar-refractivity contribution >= 4 is 15.7 Å². The number of ether oxygens (including phenoxy) is 1. The molecule has 0 fully saturated rings. The normalized spacial score (nSPS) is 17.8. The van der Waals surface area contributed by atoms with E-state index in [-0.39, 0.29) is 23.2 Å². The Bertz CT molecular complexity index is 889. The van der Waals surface area contributed by atoms with Crippen LogP contribution in [0.2, 0.25) is 0 Å². The number of rotatable bonds is 5. The number of para-hydroxylation sites is 1. The number of nitrogens with one attached hydrogen (secondary N) is 1. The summed E-state index contributed by atoms with van der Waals surface area (Å²) in [6.07, 6.45) is 1.59. The molecule has 0 saturated heterocycles. The Balaban J connectivity index is 1.86. The van der Waals surface area contributed by atoms with Crippen LogP contribution in [-0.4, -0.2) is 26.7 Å². The Morgan fingerprint density at radius 3 is 2.71 bits per heavy atom. The summed E-state index contributed by atoms with van der Waals surface area (Å²) in [6, 6.07) is 13.0. The predicted molar refractivity (Wildman–Crippen MR) is 90.8 cm³/mol. The molecule has 24 heavy (non-hydrogen) atoms. The van der Waals surface area contributed by atoms with Crippen LogP contribution in [0.15, 0.2) is 66.1 Å². The zero-order chi connectivity index (χ0) is 17.2. The van der Waals surface area contributed by atoms with E-state index in [1.165, 1.54) is 0 Å². The standard InChI is InChI=1S/C18H17NO4S/c1-2-11-23-16-9-5-3-8-14(16)18(20)19-15-12-24(21,22)17-10-6-4-7-13(15)17/h2-10,15H,1,11-12H2,(H,19,20). The quantitative estimate of drug-likeness (QED) is 0.847. The monoisotopic (exact) mass is 343 g/mol. The Morgan fingerprint density at radius 2 is 1.92 bits per heavy atom. The van der Waals surface area contributed by atoms with Crippen LogP contribution in [0.25, 0.3) is 0 Å². The number of carbonyl (C=O) groups is 1. The molecule has 1 aliphatic rings. The number of carbonyl (C=O) groups excluding carboxylic acids is 1. The number of hydrogen-bond donors (Lipinski definition) is 1. The lowest BCUT2D eigenvalue weighted by molar-refractivity contribution is 0.0937. The van der Waals surface area contributed by atoms with Gasteiger partial charge in [-0.3, -0.25) is 4.79 Å². The van der Waals surface area contributed by atoms with E-state index in [2.05, 4.69) is 11.9 Å². The van der Waals surface area contributed by atoms with E-state index in [4.69, 9.17) is 4.74 Å². The lowest BCUT2D eigenvalue weighted by Gasteiger charge is -2.15. The van der Waals surface area contributed by atoms with E-state index in [9.17, 15) is 13.2 Å². The van der Waals surface area contributed by atoms with E-state index in [0.717, 1.165) is 0 Å².